The molecule has 2 saturated heterocycles. The average Bonchev–Trinajstić information content (AvgIpc) is 3.47. The van der Waals surface area contributed by atoms with Crippen molar-refractivity contribution >= 4 is 22.6 Å². The normalized spacial score (nSPS) is 25.1. The lowest BCUT2D eigenvalue weighted by atomic mass is 9.94. The molecule has 3 aromatic rings. The van der Waals surface area contributed by atoms with Crippen LogP contribution in [0.3, 0.4) is 0 Å². The SMILES string of the molecule is [C-]#[N+]C[C@H]1CN(c2nc(OC[C@@H]3CCCN3C)nc3cc(-c4cccc5c4[C@@H]4C[C@@H]4C5)ccc23)CCN1C(=O)C=C. The summed E-state index contributed by atoms with van der Waals surface area (Å²) in [5.41, 5.74) is 6.38. The molecule has 210 valence electrons. The fraction of sp³-hybridized carbons (Fsp3) is 0.455. The molecule has 8 nitrogen and oxygen atoms in total. The van der Waals surface area contributed by atoms with E-state index in [1.807, 2.05) is 0 Å². The second-order valence-corrected chi connectivity index (χ2v) is 12.0. The van der Waals surface area contributed by atoms with Crippen molar-refractivity contribution in [2.75, 3.05) is 51.3 Å². The van der Waals surface area contributed by atoms with Crippen LogP contribution in [-0.2, 0) is 11.2 Å². The molecule has 4 atom stereocenters. The van der Waals surface area contributed by atoms with Gasteiger partial charge in [-0.25, -0.2) is 6.57 Å². The van der Waals surface area contributed by atoms with E-state index in [1.54, 1.807) is 4.90 Å². The lowest BCUT2D eigenvalue weighted by molar-refractivity contribution is -0.128. The zero-order valence-corrected chi connectivity index (χ0v) is 23.6. The van der Waals surface area contributed by atoms with Gasteiger partial charge in [-0.05, 0) is 91.6 Å². The molecule has 7 rings (SSSR count). The Labute approximate surface area is 241 Å². The van der Waals surface area contributed by atoms with Gasteiger partial charge in [-0.3, -0.25) is 4.79 Å². The van der Waals surface area contributed by atoms with Gasteiger partial charge in [0.15, 0.2) is 0 Å². The van der Waals surface area contributed by atoms with Gasteiger partial charge in [0.25, 0.3) is 0 Å². The second kappa shape index (κ2) is 10.5. The van der Waals surface area contributed by atoms with Gasteiger partial charge in [-0.15, -0.1) is 0 Å². The van der Waals surface area contributed by atoms with Crippen molar-refractivity contribution in [1.29, 1.82) is 0 Å². The average molecular weight is 549 g/mol. The number of aromatic nitrogens is 2. The van der Waals surface area contributed by atoms with Crippen LogP contribution in [0.1, 0.15) is 36.3 Å². The zero-order valence-electron chi connectivity index (χ0n) is 23.6. The Bertz CT molecular complexity index is 1560. The van der Waals surface area contributed by atoms with Crippen LogP contribution in [0.2, 0.25) is 0 Å². The van der Waals surface area contributed by atoms with Crippen molar-refractivity contribution in [3.05, 3.63) is 71.6 Å². The Balaban J connectivity index is 1.26. The first kappa shape index (κ1) is 26.0. The molecule has 3 heterocycles. The fourth-order valence-corrected chi connectivity index (χ4v) is 7.23. The Morgan fingerprint density at radius 3 is 2.90 bits per heavy atom. The maximum atomic E-state index is 12.5. The van der Waals surface area contributed by atoms with E-state index in [4.69, 9.17) is 21.3 Å². The molecule has 41 heavy (non-hydrogen) atoms. The molecule has 2 aliphatic carbocycles. The van der Waals surface area contributed by atoms with Gasteiger partial charge in [0.2, 0.25) is 12.5 Å². The van der Waals surface area contributed by atoms with E-state index in [-0.39, 0.29) is 18.5 Å². The molecule has 0 bridgehead atoms. The molecular formula is C33H36N6O2. The van der Waals surface area contributed by atoms with Crippen LogP contribution in [-0.4, -0.2) is 84.1 Å². The van der Waals surface area contributed by atoms with Gasteiger partial charge < -0.3 is 24.3 Å². The summed E-state index contributed by atoms with van der Waals surface area (Å²) < 4.78 is 6.28. The minimum absolute atomic E-state index is 0.131. The minimum atomic E-state index is -0.231. The number of piperazine rings is 1. The van der Waals surface area contributed by atoms with E-state index in [9.17, 15) is 4.79 Å². The van der Waals surface area contributed by atoms with Crippen LogP contribution in [0.25, 0.3) is 26.9 Å². The first-order chi connectivity index (χ1) is 20.0. The third-order valence-corrected chi connectivity index (χ3v) is 9.56. The van der Waals surface area contributed by atoms with Crippen LogP contribution >= 0.6 is 0 Å². The molecule has 0 unspecified atom stereocenters. The maximum Gasteiger partial charge on any atom is 0.319 e. The van der Waals surface area contributed by atoms with Gasteiger partial charge in [0.05, 0.1) is 5.52 Å². The molecule has 2 aliphatic heterocycles. The number of amides is 1. The number of carbonyl (C=O) groups is 1. The smallest absolute Gasteiger partial charge is 0.319 e. The lowest BCUT2D eigenvalue weighted by Gasteiger charge is -2.39. The molecule has 8 heteroatoms. The van der Waals surface area contributed by atoms with Gasteiger partial charge in [0, 0.05) is 31.1 Å². The number of benzene rings is 2. The molecule has 1 amide bonds. The van der Waals surface area contributed by atoms with E-state index in [0.29, 0.717) is 44.2 Å². The Kier molecular flexibility index (Phi) is 6.63. The van der Waals surface area contributed by atoms with Gasteiger partial charge in [-0.1, -0.05) is 30.8 Å². The molecule has 0 N–H and O–H groups in total. The maximum absolute atomic E-state index is 12.5. The number of likely N-dealkylation sites (N-methyl/N-ethyl adjacent to an activating group) is 1. The summed E-state index contributed by atoms with van der Waals surface area (Å²) in [6, 6.07) is 13.8. The molecule has 1 aromatic heterocycles. The van der Waals surface area contributed by atoms with Crippen molar-refractivity contribution in [1.82, 2.24) is 19.8 Å². The van der Waals surface area contributed by atoms with Gasteiger partial charge in [-0.2, -0.15) is 9.97 Å². The van der Waals surface area contributed by atoms with E-state index in [0.717, 1.165) is 35.6 Å². The van der Waals surface area contributed by atoms with Gasteiger partial charge >= 0.3 is 6.01 Å². The van der Waals surface area contributed by atoms with Crippen LogP contribution in [0.4, 0.5) is 5.82 Å². The summed E-state index contributed by atoms with van der Waals surface area (Å²) in [5, 5.41) is 0.959. The predicted molar refractivity (Wildman–Crippen MR) is 160 cm³/mol. The van der Waals surface area contributed by atoms with Crippen molar-refractivity contribution < 1.29 is 9.53 Å². The van der Waals surface area contributed by atoms with Crippen molar-refractivity contribution in [3.63, 3.8) is 0 Å². The number of hydrogen-bond donors (Lipinski definition) is 0. The summed E-state index contributed by atoms with van der Waals surface area (Å²) in [6.07, 6.45) is 6.14. The summed E-state index contributed by atoms with van der Waals surface area (Å²) >= 11 is 0. The fourth-order valence-electron chi connectivity index (χ4n) is 7.23. The molecule has 3 fully saturated rings. The lowest BCUT2D eigenvalue weighted by Crippen LogP contribution is -2.56. The highest BCUT2D eigenvalue weighted by atomic mass is 16.5. The highest BCUT2D eigenvalue weighted by Crippen LogP contribution is 2.58. The van der Waals surface area contributed by atoms with Crippen molar-refractivity contribution in [3.8, 4) is 17.1 Å². The Hall–Kier alpha value is -3.96. The minimum Gasteiger partial charge on any atom is -0.462 e. The number of ether oxygens (including phenoxy) is 1. The molecular weight excluding hydrogens is 512 g/mol. The van der Waals surface area contributed by atoms with E-state index >= 15 is 0 Å². The third kappa shape index (κ3) is 4.72. The number of fused-ring (bicyclic) bond motifs is 4. The molecule has 1 saturated carbocycles. The summed E-state index contributed by atoms with van der Waals surface area (Å²) in [7, 11) is 2.14. The first-order valence-corrected chi connectivity index (χ1v) is 14.8. The summed E-state index contributed by atoms with van der Waals surface area (Å²) in [5.74, 6) is 2.20. The van der Waals surface area contributed by atoms with Crippen LogP contribution in [0, 0.1) is 12.5 Å². The summed E-state index contributed by atoms with van der Waals surface area (Å²) in [4.78, 5) is 32.3. The first-order valence-electron chi connectivity index (χ1n) is 14.8. The van der Waals surface area contributed by atoms with Crippen molar-refractivity contribution in [2.24, 2.45) is 5.92 Å². The van der Waals surface area contributed by atoms with Crippen LogP contribution in [0.5, 0.6) is 6.01 Å². The zero-order chi connectivity index (χ0) is 28.1. The number of likely N-dealkylation sites (tertiary alicyclic amines) is 1. The van der Waals surface area contributed by atoms with Gasteiger partial charge in [0.1, 0.15) is 18.5 Å². The number of rotatable bonds is 7. The molecule has 2 aromatic carbocycles. The molecule has 0 radical (unpaired) electrons. The number of hydrogen-bond acceptors (Lipinski definition) is 6. The molecule has 0 spiro atoms. The standard InChI is InChI=1S/C33H36N6O2/c1-4-30(40)39-14-13-38(19-25(39)18-34-2)32-27-11-10-21(26-9-5-7-22-15-23-16-28(23)31(22)26)17-29(27)35-33(36-32)41-20-24-8-6-12-37(24)3/h4-5,7,9-11,17,23-25,28H,1,6,8,12-16,18-20H2,3H3/t23-,24-,25-,28+/m0/s1. The monoisotopic (exact) mass is 548 g/mol. The second-order valence-electron chi connectivity index (χ2n) is 12.0. The van der Waals surface area contributed by atoms with E-state index in [2.05, 4.69) is 64.7 Å². The quantitative estimate of drug-likeness (QED) is 0.319. The van der Waals surface area contributed by atoms with Crippen LogP contribution < -0.4 is 9.64 Å². The van der Waals surface area contributed by atoms with E-state index < -0.39 is 0 Å². The largest absolute Gasteiger partial charge is 0.462 e. The van der Waals surface area contributed by atoms with Crippen LogP contribution in [0.15, 0.2) is 49.1 Å². The molecule has 4 aliphatic rings. The predicted octanol–water partition coefficient (Wildman–Crippen LogP) is 4.55. The number of nitrogens with zero attached hydrogens (tertiary/aromatic N) is 6. The highest BCUT2D eigenvalue weighted by Gasteiger charge is 2.46. The Morgan fingerprint density at radius 1 is 1.20 bits per heavy atom. The number of anilines is 1. The summed E-state index contributed by atoms with van der Waals surface area (Å²) in [6.45, 7) is 14.7. The Morgan fingerprint density at radius 2 is 2.10 bits per heavy atom. The third-order valence-electron chi connectivity index (χ3n) is 9.56. The van der Waals surface area contributed by atoms with Crippen molar-refractivity contribution in [2.45, 2.75) is 43.7 Å². The topological polar surface area (TPSA) is 66.2 Å². The highest BCUT2D eigenvalue weighted by molar-refractivity contribution is 5.94. The van der Waals surface area contributed by atoms with E-state index in [1.165, 1.54) is 47.6 Å². The number of carbonyl (C=O) groups excluding carboxylic acids is 1.